The normalized spacial score (nSPS) is 11.2. The van der Waals surface area contributed by atoms with Gasteiger partial charge in [-0.2, -0.15) is 0 Å². The molecule has 0 fully saturated rings. The Kier molecular flexibility index (Phi) is 6.48. The fourth-order valence-electron chi connectivity index (χ4n) is 3.19. The summed E-state index contributed by atoms with van der Waals surface area (Å²) in [7, 11) is -3.35. The fraction of sp³-hybridized carbons (Fsp3) is 0.0800. The first kappa shape index (κ1) is 22.6. The number of benzene rings is 3. The molecule has 0 saturated carbocycles. The maximum absolute atomic E-state index is 13.2. The molecule has 1 aromatic heterocycles. The van der Waals surface area contributed by atoms with Crippen LogP contribution < -0.4 is 5.32 Å². The van der Waals surface area contributed by atoms with Crippen molar-refractivity contribution >= 4 is 38.0 Å². The molecule has 0 aliphatic rings. The van der Waals surface area contributed by atoms with Gasteiger partial charge in [0, 0.05) is 16.7 Å². The van der Waals surface area contributed by atoms with Crippen LogP contribution in [0.2, 0.25) is 0 Å². The van der Waals surface area contributed by atoms with Gasteiger partial charge in [-0.25, -0.2) is 13.4 Å². The molecule has 0 atom stereocenters. The molecule has 1 N–H and O–H groups in total. The summed E-state index contributed by atoms with van der Waals surface area (Å²) in [6, 6.07) is 23.9. The Morgan fingerprint density at radius 3 is 2.06 bits per heavy atom. The molecule has 33 heavy (non-hydrogen) atoms. The van der Waals surface area contributed by atoms with Crippen molar-refractivity contribution < 1.29 is 18.0 Å². The number of sulfone groups is 1. The summed E-state index contributed by atoms with van der Waals surface area (Å²) in [6.45, 7) is 1.57. The maximum atomic E-state index is 13.2. The summed E-state index contributed by atoms with van der Waals surface area (Å²) in [5.74, 6) is -0.637. The first-order chi connectivity index (χ1) is 15.9. The minimum Gasteiger partial charge on any atom is -0.298 e. The van der Waals surface area contributed by atoms with Crippen LogP contribution in [0.15, 0.2) is 89.8 Å². The third-order valence-electron chi connectivity index (χ3n) is 4.99. The summed E-state index contributed by atoms with van der Waals surface area (Å²) in [6.07, 6.45) is 0. The molecule has 4 aromatic rings. The van der Waals surface area contributed by atoms with E-state index in [1.165, 1.54) is 24.3 Å². The summed E-state index contributed by atoms with van der Waals surface area (Å²) < 4.78 is 24.0. The third-order valence-corrected chi connectivity index (χ3v) is 7.71. The second-order valence-electron chi connectivity index (χ2n) is 7.14. The SMILES string of the molecule is CCS(=O)(=O)c1ccc(C(=O)Nc2nc(-c3ccccc3)c(C(=O)c3ccccc3)s2)cc1. The maximum Gasteiger partial charge on any atom is 0.257 e. The van der Waals surface area contributed by atoms with E-state index in [-0.39, 0.29) is 27.1 Å². The second kappa shape index (κ2) is 9.48. The molecule has 1 heterocycles. The van der Waals surface area contributed by atoms with Crippen LogP contribution in [0, 0.1) is 0 Å². The molecular weight excluding hydrogens is 456 g/mol. The van der Waals surface area contributed by atoms with Gasteiger partial charge in [0.25, 0.3) is 5.91 Å². The Bertz CT molecular complexity index is 1400. The van der Waals surface area contributed by atoms with Crippen LogP contribution in [-0.4, -0.2) is 30.8 Å². The van der Waals surface area contributed by atoms with E-state index in [9.17, 15) is 18.0 Å². The Hall–Kier alpha value is -3.62. The monoisotopic (exact) mass is 476 g/mol. The van der Waals surface area contributed by atoms with E-state index in [0.717, 1.165) is 16.9 Å². The number of hydrogen-bond donors (Lipinski definition) is 1. The fourth-order valence-corrected chi connectivity index (χ4v) is 5.02. The van der Waals surface area contributed by atoms with Gasteiger partial charge in [0.05, 0.1) is 16.3 Å². The largest absolute Gasteiger partial charge is 0.298 e. The van der Waals surface area contributed by atoms with Crippen molar-refractivity contribution in [3.05, 3.63) is 101 Å². The molecule has 3 aromatic carbocycles. The van der Waals surface area contributed by atoms with Crippen LogP contribution in [-0.2, 0) is 9.84 Å². The smallest absolute Gasteiger partial charge is 0.257 e. The van der Waals surface area contributed by atoms with Crippen molar-refractivity contribution in [3.8, 4) is 11.3 Å². The van der Waals surface area contributed by atoms with Gasteiger partial charge in [0.1, 0.15) is 4.88 Å². The van der Waals surface area contributed by atoms with Crippen LogP contribution in [0.5, 0.6) is 0 Å². The molecular formula is C25H20N2O4S2. The van der Waals surface area contributed by atoms with Crippen LogP contribution in [0.25, 0.3) is 11.3 Å². The minimum absolute atomic E-state index is 0.0157. The number of aromatic nitrogens is 1. The number of carbonyl (C=O) groups excluding carboxylic acids is 2. The van der Waals surface area contributed by atoms with Crippen molar-refractivity contribution in [1.29, 1.82) is 0 Å². The lowest BCUT2D eigenvalue weighted by molar-refractivity contribution is 0.102. The highest BCUT2D eigenvalue weighted by Gasteiger charge is 2.22. The Morgan fingerprint density at radius 1 is 0.848 bits per heavy atom. The average Bonchev–Trinajstić information content (AvgIpc) is 3.28. The van der Waals surface area contributed by atoms with Gasteiger partial charge in [-0.15, -0.1) is 0 Å². The minimum atomic E-state index is -3.35. The number of amides is 1. The predicted octanol–water partition coefficient (Wildman–Crippen LogP) is 5.09. The summed E-state index contributed by atoms with van der Waals surface area (Å²) in [4.78, 5) is 31.1. The first-order valence-electron chi connectivity index (χ1n) is 10.2. The number of ketones is 1. The topological polar surface area (TPSA) is 93.2 Å². The van der Waals surface area contributed by atoms with Gasteiger partial charge in [0.2, 0.25) is 5.78 Å². The molecule has 0 unspecified atom stereocenters. The van der Waals surface area contributed by atoms with Gasteiger partial charge >= 0.3 is 0 Å². The lowest BCUT2D eigenvalue weighted by atomic mass is 10.1. The molecule has 0 spiro atoms. The van der Waals surface area contributed by atoms with E-state index in [2.05, 4.69) is 10.3 Å². The average molecular weight is 477 g/mol. The van der Waals surface area contributed by atoms with Crippen molar-refractivity contribution in [1.82, 2.24) is 4.98 Å². The van der Waals surface area contributed by atoms with Crippen molar-refractivity contribution in [3.63, 3.8) is 0 Å². The van der Waals surface area contributed by atoms with Crippen LogP contribution in [0.4, 0.5) is 5.13 Å². The standard InChI is InChI=1S/C25H20N2O4S2/c1-2-33(30,31)20-15-13-19(14-16-20)24(29)27-25-26-21(17-9-5-3-6-10-17)23(32-25)22(28)18-11-7-4-8-12-18/h3-16H,2H2,1H3,(H,26,27,29). The lowest BCUT2D eigenvalue weighted by Gasteiger charge is -2.04. The zero-order valence-corrected chi connectivity index (χ0v) is 19.3. The van der Waals surface area contributed by atoms with Gasteiger partial charge in [-0.1, -0.05) is 78.9 Å². The molecule has 166 valence electrons. The van der Waals surface area contributed by atoms with Crippen LogP contribution >= 0.6 is 11.3 Å². The number of rotatable bonds is 7. The highest BCUT2D eigenvalue weighted by atomic mass is 32.2. The number of hydrogen-bond acceptors (Lipinski definition) is 6. The molecule has 0 aliphatic heterocycles. The molecule has 0 saturated heterocycles. The molecule has 0 aliphatic carbocycles. The number of nitrogens with zero attached hydrogens (tertiary/aromatic N) is 1. The van der Waals surface area contributed by atoms with E-state index in [1.54, 1.807) is 31.2 Å². The highest BCUT2D eigenvalue weighted by molar-refractivity contribution is 7.91. The summed E-state index contributed by atoms with van der Waals surface area (Å²) in [5.41, 5.74) is 2.08. The zero-order chi connectivity index (χ0) is 23.4. The Balaban J connectivity index is 1.65. The zero-order valence-electron chi connectivity index (χ0n) is 17.7. The van der Waals surface area contributed by atoms with E-state index in [0.29, 0.717) is 16.1 Å². The molecule has 0 bridgehead atoms. The predicted molar refractivity (Wildman–Crippen MR) is 130 cm³/mol. The summed E-state index contributed by atoms with van der Waals surface area (Å²) >= 11 is 1.10. The number of thiazole rings is 1. The van der Waals surface area contributed by atoms with Crippen LogP contribution in [0.1, 0.15) is 32.5 Å². The van der Waals surface area contributed by atoms with Crippen molar-refractivity contribution in [2.75, 3.05) is 11.1 Å². The molecule has 6 nitrogen and oxygen atoms in total. The molecule has 0 radical (unpaired) electrons. The Labute approximate surface area is 195 Å². The highest BCUT2D eigenvalue weighted by Crippen LogP contribution is 2.33. The van der Waals surface area contributed by atoms with Gasteiger partial charge in [0.15, 0.2) is 15.0 Å². The third kappa shape index (κ3) is 4.92. The molecule has 4 rings (SSSR count). The Morgan fingerprint density at radius 2 is 1.45 bits per heavy atom. The van der Waals surface area contributed by atoms with E-state index in [4.69, 9.17) is 0 Å². The molecule has 1 amide bonds. The second-order valence-corrected chi connectivity index (χ2v) is 10.4. The van der Waals surface area contributed by atoms with Crippen molar-refractivity contribution in [2.45, 2.75) is 11.8 Å². The van der Waals surface area contributed by atoms with Gasteiger partial charge in [-0.3, -0.25) is 14.9 Å². The van der Waals surface area contributed by atoms with Crippen LogP contribution in [0.3, 0.4) is 0 Å². The molecule has 8 heteroatoms. The quantitative estimate of drug-likeness (QED) is 0.375. The number of nitrogens with one attached hydrogen (secondary N) is 1. The number of carbonyl (C=O) groups is 2. The summed E-state index contributed by atoms with van der Waals surface area (Å²) in [5, 5.41) is 3.02. The first-order valence-corrected chi connectivity index (χ1v) is 12.7. The van der Waals surface area contributed by atoms with E-state index < -0.39 is 15.7 Å². The lowest BCUT2D eigenvalue weighted by Crippen LogP contribution is -2.12. The van der Waals surface area contributed by atoms with Gasteiger partial charge in [-0.05, 0) is 24.3 Å². The van der Waals surface area contributed by atoms with E-state index in [1.807, 2.05) is 36.4 Å². The van der Waals surface area contributed by atoms with Crippen molar-refractivity contribution in [2.24, 2.45) is 0 Å². The number of anilines is 1. The van der Waals surface area contributed by atoms with E-state index >= 15 is 0 Å². The van der Waals surface area contributed by atoms with Gasteiger partial charge < -0.3 is 0 Å².